The first-order valence-corrected chi connectivity index (χ1v) is 11.9. The quantitative estimate of drug-likeness (QED) is 0.570. The Morgan fingerprint density at radius 3 is 2.48 bits per heavy atom. The largest absolute Gasteiger partial charge is 0.342 e. The summed E-state index contributed by atoms with van der Waals surface area (Å²) < 4.78 is 25.5. The summed E-state index contributed by atoms with van der Waals surface area (Å²) in [4.78, 5) is 20.8. The zero-order valence-corrected chi connectivity index (χ0v) is 18.2. The Morgan fingerprint density at radius 1 is 1.17 bits per heavy atom. The Morgan fingerprint density at radius 2 is 1.86 bits per heavy atom. The van der Waals surface area contributed by atoms with Crippen LogP contribution in [-0.2, 0) is 10.0 Å². The summed E-state index contributed by atoms with van der Waals surface area (Å²) in [5, 5.41) is 3.02. The molecule has 0 fully saturated rings. The number of sulfonamides is 1. The molecule has 29 heavy (non-hydrogen) atoms. The van der Waals surface area contributed by atoms with Crippen molar-refractivity contribution in [2.24, 2.45) is 0 Å². The third-order valence-electron chi connectivity index (χ3n) is 4.55. The van der Waals surface area contributed by atoms with Gasteiger partial charge in [0.25, 0.3) is 5.91 Å². The van der Waals surface area contributed by atoms with Crippen LogP contribution in [0.15, 0.2) is 53.4 Å². The van der Waals surface area contributed by atoms with E-state index in [9.17, 15) is 13.2 Å². The Kier molecular flexibility index (Phi) is 6.61. The molecule has 3 aromatic rings. The van der Waals surface area contributed by atoms with Crippen molar-refractivity contribution >= 4 is 38.7 Å². The van der Waals surface area contributed by atoms with Crippen LogP contribution >= 0.6 is 11.8 Å². The van der Waals surface area contributed by atoms with Crippen LogP contribution < -0.4 is 5.32 Å². The van der Waals surface area contributed by atoms with E-state index in [0.29, 0.717) is 11.4 Å². The Bertz CT molecular complexity index is 1060. The molecule has 2 N–H and O–H groups in total. The minimum atomic E-state index is -3.53. The van der Waals surface area contributed by atoms with Crippen LogP contribution in [0.1, 0.15) is 28.6 Å². The van der Waals surface area contributed by atoms with Crippen molar-refractivity contribution in [3.05, 3.63) is 59.9 Å². The van der Waals surface area contributed by atoms with E-state index in [4.69, 9.17) is 0 Å². The number of nitrogens with one attached hydrogen (secondary N) is 2. The number of imidazole rings is 1. The van der Waals surface area contributed by atoms with E-state index in [-0.39, 0.29) is 16.8 Å². The number of amides is 1. The number of carbonyl (C=O) groups excluding carboxylic acids is 1. The lowest BCUT2D eigenvalue weighted by atomic mass is 10.1. The maximum absolute atomic E-state index is 12.8. The Balaban J connectivity index is 1.81. The van der Waals surface area contributed by atoms with E-state index in [0.717, 1.165) is 27.5 Å². The van der Waals surface area contributed by atoms with Gasteiger partial charge in [0.05, 0.1) is 22.0 Å². The first-order chi connectivity index (χ1) is 13.8. The number of benzene rings is 2. The van der Waals surface area contributed by atoms with Crippen LogP contribution in [0.2, 0.25) is 0 Å². The van der Waals surface area contributed by atoms with E-state index in [2.05, 4.69) is 15.3 Å². The molecule has 1 aromatic heterocycles. The molecule has 0 bridgehead atoms. The average Bonchev–Trinajstić information content (AvgIpc) is 3.15. The Hall–Kier alpha value is -2.36. The number of rotatable bonds is 8. The zero-order chi connectivity index (χ0) is 21.0. The predicted octanol–water partition coefficient (Wildman–Crippen LogP) is 3.04. The number of para-hydroxylation sites is 2. The van der Waals surface area contributed by atoms with Crippen molar-refractivity contribution in [1.82, 2.24) is 19.6 Å². The highest BCUT2D eigenvalue weighted by molar-refractivity contribution is 7.98. The van der Waals surface area contributed by atoms with Gasteiger partial charge in [-0.2, -0.15) is 11.8 Å². The number of H-pyrrole nitrogens is 1. The van der Waals surface area contributed by atoms with Crippen LogP contribution in [0.4, 0.5) is 0 Å². The highest BCUT2D eigenvalue weighted by atomic mass is 32.2. The minimum Gasteiger partial charge on any atom is -0.342 e. The van der Waals surface area contributed by atoms with Crippen LogP contribution in [-0.4, -0.2) is 54.7 Å². The molecule has 0 saturated heterocycles. The van der Waals surface area contributed by atoms with Gasteiger partial charge in [-0.3, -0.25) is 4.79 Å². The molecule has 0 saturated carbocycles. The molecule has 0 aliphatic carbocycles. The zero-order valence-electron chi connectivity index (χ0n) is 16.5. The second-order valence-electron chi connectivity index (χ2n) is 6.76. The highest BCUT2D eigenvalue weighted by Gasteiger charge is 2.21. The number of hydrogen-bond acceptors (Lipinski definition) is 5. The van der Waals surface area contributed by atoms with Gasteiger partial charge >= 0.3 is 0 Å². The van der Waals surface area contributed by atoms with Crippen molar-refractivity contribution < 1.29 is 13.2 Å². The molecule has 0 radical (unpaired) electrons. The summed E-state index contributed by atoms with van der Waals surface area (Å²) >= 11 is 1.70. The smallest absolute Gasteiger partial charge is 0.251 e. The van der Waals surface area contributed by atoms with Gasteiger partial charge in [0.1, 0.15) is 5.82 Å². The van der Waals surface area contributed by atoms with Crippen molar-refractivity contribution in [3.63, 3.8) is 0 Å². The number of fused-ring (bicyclic) bond motifs is 1. The molecule has 3 rings (SSSR count). The number of aromatic amines is 1. The lowest BCUT2D eigenvalue weighted by Gasteiger charge is -2.17. The maximum atomic E-state index is 12.8. The second kappa shape index (κ2) is 8.98. The van der Waals surface area contributed by atoms with Crippen molar-refractivity contribution in [3.8, 4) is 0 Å². The van der Waals surface area contributed by atoms with E-state index in [1.165, 1.54) is 38.4 Å². The molecule has 0 aliphatic rings. The third kappa shape index (κ3) is 4.80. The average molecular weight is 433 g/mol. The maximum Gasteiger partial charge on any atom is 0.251 e. The first kappa shape index (κ1) is 21.4. The number of nitrogens with zero attached hydrogens (tertiary/aromatic N) is 2. The van der Waals surface area contributed by atoms with Gasteiger partial charge in [-0.1, -0.05) is 12.1 Å². The SMILES string of the molecule is CSCC[C@H](NC(=O)c1ccc(S(=O)(=O)N(C)C)cc1)c1nc2ccccc2[nH]1. The van der Waals surface area contributed by atoms with Crippen LogP contribution in [0, 0.1) is 0 Å². The van der Waals surface area contributed by atoms with E-state index < -0.39 is 10.0 Å². The molecular formula is C20H24N4O3S2. The van der Waals surface area contributed by atoms with Gasteiger partial charge in [-0.25, -0.2) is 17.7 Å². The summed E-state index contributed by atoms with van der Waals surface area (Å²) in [6, 6.07) is 13.4. The van der Waals surface area contributed by atoms with E-state index in [1.807, 2.05) is 30.5 Å². The summed E-state index contributed by atoms with van der Waals surface area (Å²) in [5.41, 5.74) is 2.17. The fourth-order valence-corrected chi connectivity index (χ4v) is 4.25. The summed E-state index contributed by atoms with van der Waals surface area (Å²) in [7, 11) is -0.585. The third-order valence-corrected chi connectivity index (χ3v) is 7.02. The molecule has 9 heteroatoms. The normalized spacial score (nSPS) is 13.0. The molecule has 1 atom stereocenters. The van der Waals surface area contributed by atoms with E-state index >= 15 is 0 Å². The van der Waals surface area contributed by atoms with Crippen molar-refractivity contribution in [2.45, 2.75) is 17.4 Å². The number of carbonyl (C=O) groups is 1. The van der Waals surface area contributed by atoms with Crippen molar-refractivity contribution in [2.75, 3.05) is 26.1 Å². The summed E-state index contributed by atoms with van der Waals surface area (Å²) in [5.74, 6) is 1.30. The number of thioether (sulfide) groups is 1. The van der Waals surface area contributed by atoms with Crippen LogP contribution in [0.25, 0.3) is 11.0 Å². The standard InChI is InChI=1S/C20H24N4O3S2/c1-24(2)29(26,27)15-10-8-14(9-11-15)20(25)23-18(12-13-28-3)19-21-16-6-4-5-7-17(16)22-19/h4-11,18H,12-13H2,1-3H3,(H,21,22)(H,23,25)/t18-/m0/s1. The summed E-state index contributed by atoms with van der Waals surface area (Å²) in [6.07, 6.45) is 2.74. The van der Waals surface area contributed by atoms with Gasteiger partial charge < -0.3 is 10.3 Å². The molecule has 1 heterocycles. The topological polar surface area (TPSA) is 95.2 Å². The first-order valence-electron chi connectivity index (χ1n) is 9.10. The van der Waals surface area contributed by atoms with Crippen LogP contribution in [0.3, 0.4) is 0 Å². The molecule has 0 spiro atoms. The molecule has 2 aromatic carbocycles. The fraction of sp³-hybridized carbons (Fsp3) is 0.300. The molecular weight excluding hydrogens is 408 g/mol. The minimum absolute atomic E-state index is 0.148. The van der Waals surface area contributed by atoms with Gasteiger partial charge in [-0.05, 0) is 54.8 Å². The molecule has 7 nitrogen and oxygen atoms in total. The summed E-state index contributed by atoms with van der Waals surface area (Å²) in [6.45, 7) is 0. The molecule has 1 amide bonds. The lowest BCUT2D eigenvalue weighted by molar-refractivity contribution is 0.0934. The van der Waals surface area contributed by atoms with Gasteiger partial charge in [0.2, 0.25) is 10.0 Å². The number of hydrogen-bond donors (Lipinski definition) is 2. The van der Waals surface area contributed by atoms with Crippen LogP contribution in [0.5, 0.6) is 0 Å². The van der Waals surface area contributed by atoms with Gasteiger partial charge in [-0.15, -0.1) is 0 Å². The Labute approximate surface area is 175 Å². The highest BCUT2D eigenvalue weighted by Crippen LogP contribution is 2.21. The van der Waals surface area contributed by atoms with E-state index in [1.54, 1.807) is 11.8 Å². The van der Waals surface area contributed by atoms with Gasteiger partial charge in [0, 0.05) is 19.7 Å². The monoisotopic (exact) mass is 432 g/mol. The predicted molar refractivity (Wildman–Crippen MR) is 117 cm³/mol. The lowest BCUT2D eigenvalue weighted by Crippen LogP contribution is -2.30. The molecule has 0 aliphatic heterocycles. The number of aromatic nitrogens is 2. The molecule has 154 valence electrons. The second-order valence-corrected chi connectivity index (χ2v) is 9.90. The molecule has 0 unspecified atom stereocenters. The fourth-order valence-electron chi connectivity index (χ4n) is 2.88. The van der Waals surface area contributed by atoms with Crippen molar-refractivity contribution in [1.29, 1.82) is 0 Å². The van der Waals surface area contributed by atoms with Gasteiger partial charge in [0.15, 0.2) is 0 Å².